The van der Waals surface area contributed by atoms with Gasteiger partial charge in [0.25, 0.3) is 0 Å². The molecule has 5 atom stereocenters. The lowest BCUT2D eigenvalue weighted by Gasteiger charge is -2.50. The molecule has 2 saturated carbocycles. The normalized spacial score (nSPS) is 29.7. The summed E-state index contributed by atoms with van der Waals surface area (Å²) in [6.07, 6.45) is 8.64. The molecule has 2 aromatic rings. The maximum absolute atomic E-state index is 13.2. The number of amides is 1. The van der Waals surface area contributed by atoms with E-state index < -0.39 is 0 Å². The summed E-state index contributed by atoms with van der Waals surface area (Å²) >= 11 is 6.27. The Morgan fingerprint density at radius 1 is 1.26 bits per heavy atom. The summed E-state index contributed by atoms with van der Waals surface area (Å²) in [7, 11) is 1.59. The maximum Gasteiger partial charge on any atom is 0.225 e. The Morgan fingerprint density at radius 2 is 2.12 bits per heavy atom. The highest BCUT2D eigenvalue weighted by molar-refractivity contribution is 6.30. The molecule has 0 aliphatic heterocycles. The first kappa shape index (κ1) is 23.3. The summed E-state index contributed by atoms with van der Waals surface area (Å²) in [6, 6.07) is 9.90. The summed E-state index contributed by atoms with van der Waals surface area (Å²) in [4.78, 5) is 29.9. The standard InChI is InChI=1S/C28H33ClN2O3/c1-28-13-12-22-21-10-7-19(29)14-17(21)6-9-23(22)27(28)18(15-24(28)32)4-3-5-26(33)31-25-11-8-20(34-2)16-30-25/h7-8,10-11,14,16,18,22-23,27H,3-6,9,12-13,15H2,1-2H3,(H,30,31,33)/t18-,22?,23?,27?,28-/m1/s1. The van der Waals surface area contributed by atoms with Crippen molar-refractivity contribution in [3.05, 3.63) is 52.7 Å². The number of halogens is 1. The Hall–Kier alpha value is -2.40. The van der Waals surface area contributed by atoms with E-state index in [2.05, 4.69) is 29.4 Å². The Labute approximate surface area is 206 Å². The summed E-state index contributed by atoms with van der Waals surface area (Å²) in [5.74, 6) is 3.44. The zero-order chi connectivity index (χ0) is 23.9. The molecule has 0 bridgehead atoms. The summed E-state index contributed by atoms with van der Waals surface area (Å²) in [5.41, 5.74) is 2.64. The second-order valence-corrected chi connectivity index (χ2v) is 11.0. The van der Waals surface area contributed by atoms with Gasteiger partial charge in [-0.1, -0.05) is 24.6 Å². The molecule has 0 radical (unpaired) electrons. The SMILES string of the molecule is COc1ccc(NC(=O)CCC[C@@H]2CC(=O)[C@@]3(C)CCC4c5ccc(Cl)cc5CCC4C23)nc1. The number of rotatable bonds is 6. The lowest BCUT2D eigenvalue weighted by Crippen LogP contribution is -2.44. The van der Waals surface area contributed by atoms with Crippen molar-refractivity contribution < 1.29 is 14.3 Å². The lowest BCUT2D eigenvalue weighted by atomic mass is 9.54. The fourth-order valence-corrected chi connectivity index (χ4v) is 7.38. The third kappa shape index (κ3) is 4.24. The molecule has 3 aliphatic rings. The molecule has 1 amide bonds. The van der Waals surface area contributed by atoms with Gasteiger partial charge in [-0.25, -0.2) is 4.98 Å². The molecule has 0 saturated heterocycles. The van der Waals surface area contributed by atoms with Crippen LogP contribution in [0, 0.1) is 23.2 Å². The van der Waals surface area contributed by atoms with Crippen molar-refractivity contribution in [2.45, 2.75) is 64.2 Å². The van der Waals surface area contributed by atoms with E-state index in [1.165, 1.54) is 11.1 Å². The van der Waals surface area contributed by atoms with Crippen molar-refractivity contribution in [2.75, 3.05) is 12.4 Å². The zero-order valence-corrected chi connectivity index (χ0v) is 20.7. The minimum atomic E-state index is -0.203. The largest absolute Gasteiger partial charge is 0.495 e. The third-order valence-corrected chi connectivity index (χ3v) is 8.99. The van der Waals surface area contributed by atoms with E-state index in [-0.39, 0.29) is 11.3 Å². The van der Waals surface area contributed by atoms with E-state index in [1.807, 2.05) is 6.07 Å². The van der Waals surface area contributed by atoms with Gasteiger partial charge < -0.3 is 10.1 Å². The number of ether oxygens (including phenoxy) is 1. The molecule has 5 rings (SSSR count). The Bertz CT molecular complexity index is 1090. The highest BCUT2D eigenvalue weighted by atomic mass is 35.5. The van der Waals surface area contributed by atoms with Gasteiger partial charge in [-0.2, -0.15) is 0 Å². The summed E-state index contributed by atoms with van der Waals surface area (Å²) < 4.78 is 5.11. The van der Waals surface area contributed by atoms with Crippen LogP contribution in [0.25, 0.3) is 0 Å². The van der Waals surface area contributed by atoms with Crippen LogP contribution in [0.5, 0.6) is 5.75 Å². The molecular formula is C28H33ClN2O3. The maximum atomic E-state index is 13.2. The molecular weight excluding hydrogens is 448 g/mol. The number of hydrogen-bond donors (Lipinski definition) is 1. The van der Waals surface area contributed by atoms with Gasteiger partial charge in [0.2, 0.25) is 5.91 Å². The van der Waals surface area contributed by atoms with Crippen LogP contribution in [0.15, 0.2) is 36.5 Å². The molecule has 34 heavy (non-hydrogen) atoms. The van der Waals surface area contributed by atoms with Crippen molar-refractivity contribution in [1.82, 2.24) is 4.98 Å². The van der Waals surface area contributed by atoms with Gasteiger partial charge in [0, 0.05) is 23.3 Å². The second-order valence-electron chi connectivity index (χ2n) is 10.5. The Kier molecular flexibility index (Phi) is 6.41. The molecule has 1 aromatic carbocycles. The number of pyridine rings is 1. The van der Waals surface area contributed by atoms with Gasteiger partial charge in [-0.15, -0.1) is 0 Å². The average molecular weight is 481 g/mol. The number of carbonyl (C=O) groups excluding carboxylic acids is 2. The number of nitrogens with one attached hydrogen (secondary N) is 1. The van der Waals surface area contributed by atoms with Crippen LogP contribution in [0.4, 0.5) is 5.82 Å². The molecule has 0 spiro atoms. The van der Waals surface area contributed by atoms with Gasteiger partial charge >= 0.3 is 0 Å². The average Bonchev–Trinajstić information content (AvgIpc) is 3.09. The predicted molar refractivity (Wildman–Crippen MR) is 133 cm³/mol. The number of ketones is 1. The molecule has 1 aromatic heterocycles. The van der Waals surface area contributed by atoms with Crippen LogP contribution in [-0.4, -0.2) is 23.8 Å². The van der Waals surface area contributed by atoms with Crippen molar-refractivity contribution in [3.63, 3.8) is 0 Å². The molecule has 2 fully saturated rings. The Morgan fingerprint density at radius 3 is 2.88 bits per heavy atom. The molecule has 1 heterocycles. The van der Waals surface area contributed by atoms with E-state index in [9.17, 15) is 9.59 Å². The van der Waals surface area contributed by atoms with Crippen LogP contribution >= 0.6 is 11.6 Å². The van der Waals surface area contributed by atoms with Crippen molar-refractivity contribution in [3.8, 4) is 5.75 Å². The fraction of sp³-hybridized carbons (Fsp3) is 0.536. The quantitative estimate of drug-likeness (QED) is 0.534. The van der Waals surface area contributed by atoms with E-state index >= 15 is 0 Å². The van der Waals surface area contributed by atoms with Gasteiger partial charge in [0.15, 0.2) is 0 Å². The summed E-state index contributed by atoms with van der Waals surface area (Å²) in [6.45, 7) is 2.22. The first-order valence-electron chi connectivity index (χ1n) is 12.5. The van der Waals surface area contributed by atoms with Crippen LogP contribution in [-0.2, 0) is 16.0 Å². The topological polar surface area (TPSA) is 68.3 Å². The lowest BCUT2D eigenvalue weighted by molar-refractivity contribution is -0.129. The molecule has 3 aliphatic carbocycles. The molecule has 5 nitrogen and oxygen atoms in total. The minimum Gasteiger partial charge on any atom is -0.495 e. The van der Waals surface area contributed by atoms with Crippen LogP contribution in [0.3, 0.4) is 0 Å². The highest BCUT2D eigenvalue weighted by Crippen LogP contribution is 2.62. The summed E-state index contributed by atoms with van der Waals surface area (Å²) in [5, 5.41) is 3.68. The zero-order valence-electron chi connectivity index (χ0n) is 20.0. The predicted octanol–water partition coefficient (Wildman–Crippen LogP) is 6.20. The number of nitrogens with zero attached hydrogens (tertiary/aromatic N) is 1. The van der Waals surface area contributed by atoms with Crippen molar-refractivity contribution >= 4 is 29.1 Å². The van der Waals surface area contributed by atoms with Crippen molar-refractivity contribution in [1.29, 1.82) is 0 Å². The number of fused-ring (bicyclic) bond motifs is 5. The molecule has 1 N–H and O–H groups in total. The van der Waals surface area contributed by atoms with Gasteiger partial charge in [0.1, 0.15) is 17.4 Å². The van der Waals surface area contributed by atoms with Gasteiger partial charge in [0.05, 0.1) is 13.3 Å². The fourth-order valence-electron chi connectivity index (χ4n) is 7.18. The highest BCUT2D eigenvalue weighted by Gasteiger charge is 2.58. The first-order valence-corrected chi connectivity index (χ1v) is 12.9. The molecule has 3 unspecified atom stereocenters. The third-order valence-electron chi connectivity index (χ3n) is 8.75. The molecule has 180 valence electrons. The Balaban J connectivity index is 1.24. The number of Topliss-reactive ketones (excluding diaryl/α,β-unsaturated/α-hetero) is 1. The number of aromatic nitrogens is 1. The molecule has 6 heteroatoms. The number of hydrogen-bond acceptors (Lipinski definition) is 4. The second kappa shape index (κ2) is 9.33. The first-order chi connectivity index (χ1) is 16.4. The van der Waals surface area contributed by atoms with E-state index in [4.69, 9.17) is 16.3 Å². The van der Waals surface area contributed by atoms with E-state index in [0.29, 0.717) is 53.9 Å². The number of aryl methyl sites for hydroxylation is 1. The van der Waals surface area contributed by atoms with Crippen LogP contribution < -0.4 is 10.1 Å². The number of anilines is 1. The van der Waals surface area contributed by atoms with Crippen LogP contribution in [0.2, 0.25) is 5.02 Å². The smallest absolute Gasteiger partial charge is 0.225 e. The van der Waals surface area contributed by atoms with Crippen molar-refractivity contribution in [2.24, 2.45) is 23.2 Å². The minimum absolute atomic E-state index is 0.0326. The number of carbonyl (C=O) groups is 2. The number of methoxy groups -OCH3 is 1. The van der Waals surface area contributed by atoms with Crippen LogP contribution in [0.1, 0.15) is 68.9 Å². The monoisotopic (exact) mass is 480 g/mol. The van der Waals surface area contributed by atoms with E-state index in [1.54, 1.807) is 25.4 Å². The number of benzene rings is 1. The van der Waals surface area contributed by atoms with Gasteiger partial charge in [-0.05, 0) is 97.6 Å². The van der Waals surface area contributed by atoms with E-state index in [0.717, 1.165) is 43.5 Å². The van der Waals surface area contributed by atoms with Gasteiger partial charge in [-0.3, -0.25) is 9.59 Å².